The zero-order chi connectivity index (χ0) is 15.5. The van der Waals surface area contributed by atoms with Crippen LogP contribution < -0.4 is 5.32 Å². The molecule has 0 bridgehead atoms. The zero-order valence-electron chi connectivity index (χ0n) is 11.2. The lowest BCUT2D eigenvalue weighted by Gasteiger charge is -2.13. The zero-order valence-corrected chi connectivity index (χ0v) is 12.0. The monoisotopic (exact) mass is 317 g/mol. The minimum absolute atomic E-state index is 0.0891. The molecule has 0 aliphatic rings. The van der Waals surface area contributed by atoms with Gasteiger partial charge < -0.3 is 5.32 Å². The van der Waals surface area contributed by atoms with Crippen LogP contribution in [0, 0.1) is 0 Å². The molecule has 2 aromatic rings. The number of hydrogen-bond donors (Lipinski definition) is 1. The molecule has 0 fully saturated rings. The van der Waals surface area contributed by atoms with Crippen LogP contribution in [-0.2, 0) is 23.9 Å². The van der Waals surface area contributed by atoms with Crippen LogP contribution in [0.1, 0.15) is 17.5 Å². The second-order valence-corrected chi connectivity index (χ2v) is 5.68. The van der Waals surface area contributed by atoms with E-state index in [0.717, 1.165) is 21.8 Å². The number of thiophene rings is 1. The Labute approximate surface area is 123 Å². The Morgan fingerprint density at radius 1 is 1.48 bits per heavy atom. The van der Waals surface area contributed by atoms with E-state index in [-0.39, 0.29) is 18.5 Å². The summed E-state index contributed by atoms with van der Waals surface area (Å²) in [4.78, 5) is 12.9. The van der Waals surface area contributed by atoms with Crippen LogP contribution >= 0.6 is 11.3 Å². The molecular weight excluding hydrogens is 303 g/mol. The quantitative estimate of drug-likeness (QED) is 0.922. The van der Waals surface area contributed by atoms with Crippen molar-refractivity contribution < 1.29 is 18.0 Å². The fourth-order valence-electron chi connectivity index (χ4n) is 1.85. The standard InChI is InChI=1S/C13H14F3N3OS/c1-9(7-10-3-2-6-21-10)17-12(20)8-19-5-4-11(18-19)13(14,15)16/h2-6,9H,7-8H2,1H3,(H,17,20). The SMILES string of the molecule is CC(Cc1cccs1)NC(=O)Cn1ccc(C(F)(F)F)n1. The van der Waals surface area contributed by atoms with E-state index < -0.39 is 11.9 Å². The molecule has 0 aliphatic carbocycles. The molecule has 2 rings (SSSR count). The molecule has 0 saturated carbocycles. The number of carbonyl (C=O) groups excluding carboxylic acids is 1. The molecule has 4 nitrogen and oxygen atoms in total. The van der Waals surface area contributed by atoms with E-state index in [9.17, 15) is 18.0 Å². The Morgan fingerprint density at radius 3 is 2.81 bits per heavy atom. The summed E-state index contributed by atoms with van der Waals surface area (Å²) in [6.07, 6.45) is -2.66. The van der Waals surface area contributed by atoms with Gasteiger partial charge in [0.25, 0.3) is 0 Å². The van der Waals surface area contributed by atoms with Crippen LogP contribution in [0.5, 0.6) is 0 Å². The van der Waals surface area contributed by atoms with Gasteiger partial charge in [0.2, 0.25) is 5.91 Å². The number of carbonyl (C=O) groups is 1. The maximum absolute atomic E-state index is 12.4. The lowest BCUT2D eigenvalue weighted by Crippen LogP contribution is -2.36. The minimum Gasteiger partial charge on any atom is -0.352 e. The number of aromatic nitrogens is 2. The lowest BCUT2D eigenvalue weighted by atomic mass is 10.2. The van der Waals surface area contributed by atoms with Gasteiger partial charge in [-0.2, -0.15) is 18.3 Å². The summed E-state index contributed by atoms with van der Waals surface area (Å²) in [5.74, 6) is -0.365. The highest BCUT2D eigenvalue weighted by atomic mass is 32.1. The number of amides is 1. The summed E-state index contributed by atoms with van der Waals surface area (Å²) in [6, 6.07) is 4.66. The Hall–Kier alpha value is -1.83. The molecule has 1 amide bonds. The summed E-state index contributed by atoms with van der Waals surface area (Å²) in [6.45, 7) is 1.62. The average Bonchev–Trinajstić information content (AvgIpc) is 2.98. The Morgan fingerprint density at radius 2 is 2.24 bits per heavy atom. The third-order valence-corrected chi connectivity index (χ3v) is 3.63. The van der Waals surface area contributed by atoms with Crippen molar-refractivity contribution in [3.63, 3.8) is 0 Å². The van der Waals surface area contributed by atoms with Crippen molar-refractivity contribution in [1.29, 1.82) is 0 Å². The molecule has 8 heteroatoms. The molecule has 21 heavy (non-hydrogen) atoms. The van der Waals surface area contributed by atoms with E-state index in [4.69, 9.17) is 0 Å². The minimum atomic E-state index is -4.49. The first-order valence-corrected chi connectivity index (χ1v) is 7.15. The van der Waals surface area contributed by atoms with Crippen molar-refractivity contribution in [3.8, 4) is 0 Å². The molecule has 2 aromatic heterocycles. The molecule has 114 valence electrons. The van der Waals surface area contributed by atoms with E-state index in [1.807, 2.05) is 24.4 Å². The van der Waals surface area contributed by atoms with Crippen LogP contribution in [-0.4, -0.2) is 21.7 Å². The first kappa shape index (κ1) is 15.6. The Bertz CT molecular complexity index is 592. The fraction of sp³-hybridized carbons (Fsp3) is 0.385. The van der Waals surface area contributed by atoms with Gasteiger partial charge in [0, 0.05) is 23.5 Å². The van der Waals surface area contributed by atoms with Gasteiger partial charge in [0.1, 0.15) is 6.54 Å². The molecule has 1 atom stereocenters. The number of nitrogens with one attached hydrogen (secondary N) is 1. The van der Waals surface area contributed by atoms with E-state index in [0.29, 0.717) is 6.42 Å². The maximum Gasteiger partial charge on any atom is 0.435 e. The number of alkyl halides is 3. The molecular formula is C13H14F3N3OS. The van der Waals surface area contributed by atoms with Crippen molar-refractivity contribution in [2.75, 3.05) is 0 Å². The van der Waals surface area contributed by atoms with Gasteiger partial charge in [-0.1, -0.05) is 6.07 Å². The predicted octanol–water partition coefficient (Wildman–Crippen LogP) is 2.71. The molecule has 0 aromatic carbocycles. The molecule has 2 heterocycles. The van der Waals surface area contributed by atoms with E-state index >= 15 is 0 Å². The highest BCUT2D eigenvalue weighted by molar-refractivity contribution is 7.09. The van der Waals surface area contributed by atoms with Gasteiger partial charge >= 0.3 is 6.18 Å². The maximum atomic E-state index is 12.4. The normalized spacial score (nSPS) is 13.1. The van der Waals surface area contributed by atoms with Crippen molar-refractivity contribution in [1.82, 2.24) is 15.1 Å². The van der Waals surface area contributed by atoms with Crippen molar-refractivity contribution in [2.45, 2.75) is 32.1 Å². The summed E-state index contributed by atoms with van der Waals surface area (Å²) in [5, 5.41) is 8.03. The first-order chi connectivity index (χ1) is 9.84. The highest BCUT2D eigenvalue weighted by Crippen LogP contribution is 2.27. The van der Waals surface area contributed by atoms with Crippen LogP contribution in [0.25, 0.3) is 0 Å². The predicted molar refractivity (Wildman–Crippen MR) is 72.9 cm³/mol. The number of hydrogen-bond acceptors (Lipinski definition) is 3. The topological polar surface area (TPSA) is 46.9 Å². The van der Waals surface area contributed by atoms with Gasteiger partial charge in [-0.25, -0.2) is 0 Å². The van der Waals surface area contributed by atoms with E-state index in [1.165, 1.54) is 0 Å². The number of halogens is 3. The van der Waals surface area contributed by atoms with Crippen LogP contribution in [0.2, 0.25) is 0 Å². The van der Waals surface area contributed by atoms with Gasteiger partial charge in [0.05, 0.1) is 0 Å². The lowest BCUT2D eigenvalue weighted by molar-refractivity contribution is -0.141. The van der Waals surface area contributed by atoms with Gasteiger partial charge in [-0.05, 0) is 24.4 Å². The molecule has 1 N–H and O–H groups in total. The van der Waals surface area contributed by atoms with Crippen molar-refractivity contribution in [2.24, 2.45) is 0 Å². The molecule has 1 unspecified atom stereocenters. The fourth-order valence-corrected chi connectivity index (χ4v) is 2.69. The molecule has 0 spiro atoms. The number of nitrogens with zero attached hydrogens (tertiary/aromatic N) is 2. The second-order valence-electron chi connectivity index (χ2n) is 4.65. The average molecular weight is 317 g/mol. The summed E-state index contributed by atoms with van der Waals surface area (Å²) in [5.41, 5.74) is -0.998. The first-order valence-electron chi connectivity index (χ1n) is 6.27. The van der Waals surface area contributed by atoms with Gasteiger partial charge in [0.15, 0.2) is 5.69 Å². The number of rotatable bonds is 5. The van der Waals surface area contributed by atoms with Crippen molar-refractivity contribution in [3.05, 3.63) is 40.3 Å². The molecule has 0 saturated heterocycles. The summed E-state index contributed by atoms with van der Waals surface area (Å²) < 4.78 is 38.1. The Kier molecular flexibility index (Phi) is 4.66. The second kappa shape index (κ2) is 6.30. The van der Waals surface area contributed by atoms with Gasteiger partial charge in [-0.15, -0.1) is 11.3 Å². The van der Waals surface area contributed by atoms with Gasteiger partial charge in [-0.3, -0.25) is 9.48 Å². The van der Waals surface area contributed by atoms with Crippen LogP contribution in [0.3, 0.4) is 0 Å². The summed E-state index contributed by atoms with van der Waals surface area (Å²) >= 11 is 1.59. The van der Waals surface area contributed by atoms with Crippen LogP contribution in [0.4, 0.5) is 13.2 Å². The highest BCUT2D eigenvalue weighted by Gasteiger charge is 2.33. The van der Waals surface area contributed by atoms with Crippen LogP contribution in [0.15, 0.2) is 29.8 Å². The molecule has 0 aliphatic heterocycles. The summed E-state index contributed by atoms with van der Waals surface area (Å²) in [7, 11) is 0. The largest absolute Gasteiger partial charge is 0.435 e. The van der Waals surface area contributed by atoms with Crippen molar-refractivity contribution >= 4 is 17.2 Å². The Balaban J connectivity index is 1.85. The smallest absolute Gasteiger partial charge is 0.352 e. The third-order valence-electron chi connectivity index (χ3n) is 2.73. The third kappa shape index (κ3) is 4.59. The van der Waals surface area contributed by atoms with E-state index in [2.05, 4.69) is 10.4 Å². The van der Waals surface area contributed by atoms with E-state index in [1.54, 1.807) is 11.3 Å². The molecule has 0 radical (unpaired) electrons.